The maximum Gasteiger partial charge on any atom is 0.238 e. The lowest BCUT2D eigenvalue weighted by Crippen LogP contribution is -2.51. The summed E-state index contributed by atoms with van der Waals surface area (Å²) in [7, 11) is 0. The predicted molar refractivity (Wildman–Crippen MR) is 166 cm³/mol. The van der Waals surface area contributed by atoms with Gasteiger partial charge in [0, 0.05) is 22.5 Å². The van der Waals surface area contributed by atoms with Crippen LogP contribution in [-0.2, 0) is 16.6 Å². The molecule has 0 aromatic heterocycles. The number of aryl methyl sites for hydroxylation is 1. The zero-order valence-corrected chi connectivity index (χ0v) is 23.8. The third kappa shape index (κ3) is 3.73. The van der Waals surface area contributed by atoms with Gasteiger partial charge in [-0.15, -0.1) is 0 Å². The van der Waals surface area contributed by atoms with Crippen LogP contribution in [0, 0.1) is 5.92 Å². The maximum atomic E-state index is 14.9. The van der Waals surface area contributed by atoms with Gasteiger partial charge in [-0.2, -0.15) is 0 Å². The van der Waals surface area contributed by atoms with Crippen molar-refractivity contribution in [2.75, 3.05) is 10.2 Å². The fourth-order valence-corrected chi connectivity index (χ4v) is 7.47. The normalized spacial score (nSPS) is 23.3. The van der Waals surface area contributed by atoms with Gasteiger partial charge in [-0.25, -0.2) is 0 Å². The number of halogens is 1. The van der Waals surface area contributed by atoms with Crippen molar-refractivity contribution in [3.63, 3.8) is 0 Å². The summed E-state index contributed by atoms with van der Waals surface area (Å²) in [6.07, 6.45) is 5.87. The molecule has 208 valence electrons. The fraction of sp³-hybridized carbons (Fsp3) is 0.194. The van der Waals surface area contributed by atoms with E-state index in [2.05, 4.69) is 12.2 Å². The van der Waals surface area contributed by atoms with Gasteiger partial charge >= 0.3 is 0 Å². The molecule has 5 nitrogen and oxygen atoms in total. The molecule has 4 atom stereocenters. The lowest BCUT2D eigenvalue weighted by Gasteiger charge is -2.37. The van der Waals surface area contributed by atoms with Crippen LogP contribution >= 0.6 is 11.6 Å². The number of hydrogen-bond acceptors (Lipinski definition) is 4. The van der Waals surface area contributed by atoms with E-state index in [-0.39, 0.29) is 17.5 Å². The molecule has 3 aliphatic heterocycles. The lowest BCUT2D eigenvalue weighted by atomic mass is 9.64. The number of benzene rings is 4. The fourth-order valence-electron chi connectivity index (χ4n) is 7.24. The molecular formula is C36H29ClN2O3. The number of carbonyl (C=O) groups excluding carboxylic acids is 3. The number of ketones is 2. The van der Waals surface area contributed by atoms with E-state index in [0.29, 0.717) is 21.8 Å². The minimum atomic E-state index is -1.35. The molecule has 42 heavy (non-hydrogen) atoms. The Bertz CT molecular complexity index is 1780. The van der Waals surface area contributed by atoms with Crippen molar-refractivity contribution in [1.82, 2.24) is 0 Å². The van der Waals surface area contributed by atoms with Crippen LogP contribution in [0.5, 0.6) is 0 Å². The summed E-state index contributed by atoms with van der Waals surface area (Å²) in [6.45, 7) is 2.12. The number of nitrogens with zero attached hydrogens (tertiary/aromatic N) is 1. The molecule has 4 aromatic carbocycles. The molecule has 4 aromatic rings. The van der Waals surface area contributed by atoms with Gasteiger partial charge in [0.25, 0.3) is 0 Å². The second-order valence-electron chi connectivity index (χ2n) is 11.2. The van der Waals surface area contributed by atoms with E-state index in [0.717, 1.165) is 35.2 Å². The Morgan fingerprint density at radius 2 is 1.60 bits per heavy atom. The standard InChI is InChI=1S/C36H29ClN2O3/c1-2-9-22-16-18-24(19-17-22)33(40)31-32(34(41)25-11-4-6-13-27(25)37)39-29-15-8-3-10-23(29)20-21-30(39)36(31)26-12-5-7-14-28(26)38-35(36)42/h3-8,10-21,30-32H,2,9H2,1H3,(H,38,42)/t30-,31+,32+,36-/m1/s1. The molecule has 0 aliphatic carbocycles. The van der Waals surface area contributed by atoms with Crippen LogP contribution in [0.1, 0.15) is 50.8 Å². The van der Waals surface area contributed by atoms with Gasteiger partial charge < -0.3 is 10.2 Å². The summed E-state index contributed by atoms with van der Waals surface area (Å²) in [5.74, 6) is -1.83. The number of para-hydroxylation sites is 2. The zero-order valence-electron chi connectivity index (χ0n) is 23.1. The quantitative estimate of drug-likeness (QED) is 0.249. The van der Waals surface area contributed by atoms with Crippen molar-refractivity contribution < 1.29 is 14.4 Å². The molecule has 0 unspecified atom stereocenters. The molecule has 1 saturated heterocycles. The van der Waals surface area contributed by atoms with Crippen LogP contribution in [-0.4, -0.2) is 29.6 Å². The van der Waals surface area contributed by atoms with Crippen molar-refractivity contribution in [3.05, 3.63) is 136 Å². The Balaban J connectivity index is 1.51. The number of hydrogen-bond donors (Lipinski definition) is 1. The molecule has 3 heterocycles. The average molecular weight is 573 g/mol. The molecule has 0 radical (unpaired) electrons. The van der Waals surface area contributed by atoms with Crippen molar-refractivity contribution in [2.24, 2.45) is 5.92 Å². The van der Waals surface area contributed by atoms with E-state index in [1.54, 1.807) is 24.3 Å². The van der Waals surface area contributed by atoms with E-state index in [1.807, 2.05) is 89.8 Å². The predicted octanol–water partition coefficient (Wildman–Crippen LogP) is 7.15. The van der Waals surface area contributed by atoms with Crippen LogP contribution in [0.15, 0.2) is 103 Å². The summed E-state index contributed by atoms with van der Waals surface area (Å²) in [5, 5.41) is 3.38. The monoisotopic (exact) mass is 572 g/mol. The second-order valence-corrected chi connectivity index (χ2v) is 11.6. The van der Waals surface area contributed by atoms with Crippen molar-refractivity contribution in [1.29, 1.82) is 0 Å². The van der Waals surface area contributed by atoms with Gasteiger partial charge in [0.05, 0.1) is 17.0 Å². The number of fused-ring (bicyclic) bond motifs is 6. The number of nitrogens with one attached hydrogen (secondary N) is 1. The van der Waals surface area contributed by atoms with Crippen molar-refractivity contribution in [2.45, 2.75) is 37.3 Å². The molecule has 6 heteroatoms. The summed E-state index contributed by atoms with van der Waals surface area (Å²) < 4.78 is 0. The first-order valence-corrected chi connectivity index (χ1v) is 14.7. The highest BCUT2D eigenvalue weighted by molar-refractivity contribution is 6.34. The third-order valence-electron chi connectivity index (χ3n) is 9.01. The smallest absolute Gasteiger partial charge is 0.238 e. The molecule has 3 aliphatic rings. The molecule has 7 rings (SSSR count). The summed E-state index contributed by atoms with van der Waals surface area (Å²) in [4.78, 5) is 46.1. The van der Waals surface area contributed by atoms with E-state index in [9.17, 15) is 14.4 Å². The topological polar surface area (TPSA) is 66.5 Å². The minimum Gasteiger partial charge on any atom is -0.352 e. The first-order valence-electron chi connectivity index (χ1n) is 14.3. The molecule has 0 bridgehead atoms. The number of amides is 1. The zero-order chi connectivity index (χ0) is 29.0. The lowest BCUT2D eigenvalue weighted by molar-refractivity contribution is -0.121. The van der Waals surface area contributed by atoms with Gasteiger partial charge in [0.15, 0.2) is 11.6 Å². The van der Waals surface area contributed by atoms with E-state index in [4.69, 9.17) is 11.6 Å². The largest absolute Gasteiger partial charge is 0.352 e. The van der Waals surface area contributed by atoms with Crippen LogP contribution in [0.25, 0.3) is 6.08 Å². The van der Waals surface area contributed by atoms with E-state index in [1.165, 1.54) is 0 Å². The Kier molecular flexibility index (Phi) is 6.36. The molecule has 1 fully saturated rings. The highest BCUT2D eigenvalue weighted by Crippen LogP contribution is 2.58. The van der Waals surface area contributed by atoms with Gasteiger partial charge in [0.1, 0.15) is 11.5 Å². The summed E-state index contributed by atoms with van der Waals surface area (Å²) in [6, 6.07) is 28.3. The minimum absolute atomic E-state index is 0.240. The Morgan fingerprint density at radius 1 is 0.881 bits per heavy atom. The highest BCUT2D eigenvalue weighted by Gasteiger charge is 2.70. The number of Topliss-reactive ketones (excluding diaryl/α,β-unsaturated/α-hetero) is 2. The number of rotatable bonds is 6. The average Bonchev–Trinajstić information content (AvgIpc) is 3.49. The first-order chi connectivity index (χ1) is 20.5. The maximum absolute atomic E-state index is 14.9. The number of carbonyl (C=O) groups is 3. The van der Waals surface area contributed by atoms with E-state index < -0.39 is 23.4 Å². The van der Waals surface area contributed by atoms with Gasteiger partial charge in [-0.05, 0) is 47.4 Å². The molecule has 0 saturated carbocycles. The van der Waals surface area contributed by atoms with Crippen LogP contribution in [0.4, 0.5) is 11.4 Å². The van der Waals surface area contributed by atoms with Gasteiger partial charge in [-0.1, -0.05) is 110 Å². The van der Waals surface area contributed by atoms with Crippen LogP contribution < -0.4 is 10.2 Å². The summed E-state index contributed by atoms with van der Waals surface area (Å²) >= 11 is 6.61. The van der Waals surface area contributed by atoms with Crippen molar-refractivity contribution in [3.8, 4) is 0 Å². The SMILES string of the molecule is CCCc1ccc(C(=O)[C@@H]2[C@@H](C(=O)c3ccccc3Cl)N3c4ccccc4C=C[C@@H]3[C@@]23C(=O)Nc2ccccc23)cc1. The Morgan fingerprint density at radius 3 is 2.38 bits per heavy atom. The molecule has 1 spiro atoms. The van der Waals surface area contributed by atoms with Crippen LogP contribution in [0.2, 0.25) is 5.02 Å². The third-order valence-corrected chi connectivity index (χ3v) is 9.34. The summed E-state index contributed by atoms with van der Waals surface area (Å²) in [5.41, 5.74) is 3.71. The highest BCUT2D eigenvalue weighted by atomic mass is 35.5. The van der Waals surface area contributed by atoms with Crippen LogP contribution in [0.3, 0.4) is 0 Å². The molecule has 1 amide bonds. The first kappa shape index (κ1) is 26.4. The molecular weight excluding hydrogens is 544 g/mol. The van der Waals surface area contributed by atoms with Crippen molar-refractivity contribution >= 4 is 46.5 Å². The Labute approximate surface area is 249 Å². The number of anilines is 2. The van der Waals surface area contributed by atoms with E-state index >= 15 is 0 Å². The second kappa shape index (κ2) is 10.1. The molecule has 1 N–H and O–H groups in total. The van der Waals surface area contributed by atoms with Gasteiger partial charge in [0.2, 0.25) is 5.91 Å². The van der Waals surface area contributed by atoms with Gasteiger partial charge in [-0.3, -0.25) is 14.4 Å². The Hall–Kier alpha value is -4.48.